The van der Waals surface area contributed by atoms with E-state index in [0.717, 1.165) is 17.9 Å². The molecule has 3 nitrogen and oxygen atoms in total. The second-order valence-corrected chi connectivity index (χ2v) is 5.12. The molecule has 1 aromatic rings. The highest BCUT2D eigenvalue weighted by Gasteiger charge is 2.14. The van der Waals surface area contributed by atoms with E-state index in [0.29, 0.717) is 5.92 Å². The van der Waals surface area contributed by atoms with Crippen molar-refractivity contribution in [2.75, 3.05) is 37.2 Å². The third-order valence-corrected chi connectivity index (χ3v) is 3.33. The monoisotopic (exact) mass is 233 g/mol. The van der Waals surface area contributed by atoms with Crippen molar-refractivity contribution in [1.29, 1.82) is 0 Å². The molecule has 1 heterocycles. The van der Waals surface area contributed by atoms with Gasteiger partial charge in [0.1, 0.15) is 0 Å². The molecule has 0 saturated carbocycles. The molecule has 0 bridgehead atoms. The molecule has 1 atom stereocenters. The van der Waals surface area contributed by atoms with Crippen LogP contribution in [-0.4, -0.2) is 31.1 Å². The lowest BCUT2D eigenvalue weighted by Gasteiger charge is -2.20. The van der Waals surface area contributed by atoms with E-state index in [1.807, 2.05) is 24.3 Å². The number of likely N-dealkylation sites (tertiary alicyclic amines) is 1. The Bertz CT molecular complexity index is 328. The summed E-state index contributed by atoms with van der Waals surface area (Å²) in [5.41, 5.74) is 7.64. The fourth-order valence-electron chi connectivity index (χ4n) is 2.36. The second kappa shape index (κ2) is 5.92. The maximum atomic E-state index is 5.66. The topological polar surface area (TPSA) is 41.3 Å². The highest BCUT2D eigenvalue weighted by molar-refractivity contribution is 5.51. The van der Waals surface area contributed by atoms with E-state index in [1.165, 1.54) is 32.5 Å². The van der Waals surface area contributed by atoms with Gasteiger partial charge in [-0.05, 0) is 56.1 Å². The minimum absolute atomic E-state index is 0.686. The van der Waals surface area contributed by atoms with Gasteiger partial charge in [0.15, 0.2) is 0 Å². The van der Waals surface area contributed by atoms with Crippen molar-refractivity contribution in [2.45, 2.75) is 19.8 Å². The van der Waals surface area contributed by atoms with E-state index in [1.54, 1.807) is 0 Å². The lowest BCUT2D eigenvalue weighted by atomic mass is 10.1. The van der Waals surface area contributed by atoms with E-state index in [4.69, 9.17) is 5.73 Å². The van der Waals surface area contributed by atoms with Gasteiger partial charge in [0, 0.05) is 24.5 Å². The third kappa shape index (κ3) is 3.93. The van der Waals surface area contributed by atoms with E-state index in [2.05, 4.69) is 17.1 Å². The summed E-state index contributed by atoms with van der Waals surface area (Å²) in [4.78, 5) is 2.56. The molecule has 1 fully saturated rings. The zero-order valence-electron chi connectivity index (χ0n) is 10.7. The van der Waals surface area contributed by atoms with Crippen LogP contribution in [0.4, 0.5) is 11.4 Å². The van der Waals surface area contributed by atoms with Crippen molar-refractivity contribution in [1.82, 2.24) is 4.90 Å². The number of hydrogen-bond acceptors (Lipinski definition) is 3. The van der Waals surface area contributed by atoms with Crippen LogP contribution in [0, 0.1) is 5.92 Å². The van der Waals surface area contributed by atoms with Crippen LogP contribution in [-0.2, 0) is 0 Å². The third-order valence-electron chi connectivity index (χ3n) is 3.33. The van der Waals surface area contributed by atoms with Crippen LogP contribution in [0.15, 0.2) is 24.3 Å². The predicted octanol–water partition coefficient (Wildman–Crippen LogP) is 2.41. The maximum Gasteiger partial charge on any atom is 0.0341 e. The minimum atomic E-state index is 0.686. The zero-order valence-corrected chi connectivity index (χ0v) is 10.7. The van der Waals surface area contributed by atoms with Gasteiger partial charge in [0.2, 0.25) is 0 Å². The minimum Gasteiger partial charge on any atom is -0.399 e. The van der Waals surface area contributed by atoms with Gasteiger partial charge in [0.25, 0.3) is 0 Å². The Morgan fingerprint density at radius 1 is 1.24 bits per heavy atom. The van der Waals surface area contributed by atoms with Crippen LogP contribution < -0.4 is 11.1 Å². The highest BCUT2D eigenvalue weighted by Crippen LogP contribution is 2.13. The molecule has 3 heteroatoms. The largest absolute Gasteiger partial charge is 0.399 e. The molecule has 17 heavy (non-hydrogen) atoms. The van der Waals surface area contributed by atoms with Crippen LogP contribution in [0.2, 0.25) is 0 Å². The van der Waals surface area contributed by atoms with Gasteiger partial charge in [-0.2, -0.15) is 0 Å². The smallest absolute Gasteiger partial charge is 0.0341 e. The van der Waals surface area contributed by atoms with Crippen molar-refractivity contribution in [3.8, 4) is 0 Å². The van der Waals surface area contributed by atoms with E-state index in [9.17, 15) is 0 Å². The van der Waals surface area contributed by atoms with Gasteiger partial charge in [-0.15, -0.1) is 0 Å². The summed E-state index contributed by atoms with van der Waals surface area (Å²) in [5.74, 6) is 0.686. The van der Waals surface area contributed by atoms with Gasteiger partial charge in [0.05, 0.1) is 0 Å². The number of rotatable bonds is 5. The first-order valence-electron chi connectivity index (χ1n) is 6.56. The van der Waals surface area contributed by atoms with Crippen LogP contribution in [0.3, 0.4) is 0 Å². The SMILES string of the molecule is CC(CNc1ccc(N)cc1)CN1CCCC1. The summed E-state index contributed by atoms with van der Waals surface area (Å²) in [6.45, 7) is 7.11. The fraction of sp³-hybridized carbons (Fsp3) is 0.571. The average molecular weight is 233 g/mol. The molecule has 2 rings (SSSR count). The summed E-state index contributed by atoms with van der Waals surface area (Å²) < 4.78 is 0. The molecule has 1 aliphatic rings. The Hall–Kier alpha value is -1.22. The van der Waals surface area contributed by atoms with Crippen molar-refractivity contribution in [2.24, 2.45) is 5.92 Å². The molecule has 1 saturated heterocycles. The molecule has 0 aromatic heterocycles. The summed E-state index contributed by atoms with van der Waals surface area (Å²) in [6.07, 6.45) is 2.75. The number of nitrogens with two attached hydrogens (primary N) is 1. The number of nitrogen functional groups attached to an aromatic ring is 1. The van der Waals surface area contributed by atoms with E-state index in [-0.39, 0.29) is 0 Å². The Kier molecular flexibility index (Phi) is 4.26. The van der Waals surface area contributed by atoms with E-state index < -0.39 is 0 Å². The van der Waals surface area contributed by atoms with Crippen LogP contribution in [0.25, 0.3) is 0 Å². The number of benzene rings is 1. The number of anilines is 2. The van der Waals surface area contributed by atoms with Gasteiger partial charge < -0.3 is 16.0 Å². The van der Waals surface area contributed by atoms with Gasteiger partial charge >= 0.3 is 0 Å². The highest BCUT2D eigenvalue weighted by atomic mass is 15.1. The Morgan fingerprint density at radius 3 is 2.53 bits per heavy atom. The molecular formula is C14H23N3. The Labute approximate surface area is 104 Å². The molecule has 0 spiro atoms. The lowest BCUT2D eigenvalue weighted by Crippen LogP contribution is -2.28. The second-order valence-electron chi connectivity index (χ2n) is 5.12. The molecule has 1 aliphatic heterocycles. The van der Waals surface area contributed by atoms with Gasteiger partial charge in [-0.3, -0.25) is 0 Å². The maximum absolute atomic E-state index is 5.66. The molecule has 0 amide bonds. The van der Waals surface area contributed by atoms with Crippen molar-refractivity contribution < 1.29 is 0 Å². The lowest BCUT2D eigenvalue weighted by molar-refractivity contribution is 0.294. The molecule has 94 valence electrons. The molecule has 1 aromatic carbocycles. The standard InChI is InChI=1S/C14H23N3/c1-12(11-17-8-2-3-9-17)10-16-14-6-4-13(15)5-7-14/h4-7,12,16H,2-3,8-11,15H2,1H3. The molecule has 0 radical (unpaired) electrons. The van der Waals surface area contributed by atoms with Crippen LogP contribution in [0.1, 0.15) is 19.8 Å². The average Bonchev–Trinajstić information content (AvgIpc) is 2.81. The molecule has 1 unspecified atom stereocenters. The number of nitrogens with one attached hydrogen (secondary N) is 1. The molecule has 0 aliphatic carbocycles. The zero-order chi connectivity index (χ0) is 12.1. The van der Waals surface area contributed by atoms with Gasteiger partial charge in [-0.25, -0.2) is 0 Å². The quantitative estimate of drug-likeness (QED) is 0.767. The van der Waals surface area contributed by atoms with Crippen molar-refractivity contribution in [3.63, 3.8) is 0 Å². The molecular weight excluding hydrogens is 210 g/mol. The first kappa shape index (κ1) is 12.2. The summed E-state index contributed by atoms with van der Waals surface area (Å²) in [6, 6.07) is 7.96. The first-order valence-corrected chi connectivity index (χ1v) is 6.56. The fourth-order valence-corrected chi connectivity index (χ4v) is 2.36. The number of hydrogen-bond donors (Lipinski definition) is 2. The normalized spacial score (nSPS) is 18.2. The van der Waals surface area contributed by atoms with Crippen LogP contribution in [0.5, 0.6) is 0 Å². The van der Waals surface area contributed by atoms with Gasteiger partial charge in [-0.1, -0.05) is 6.92 Å². The molecule has 3 N–H and O–H groups in total. The Morgan fingerprint density at radius 2 is 1.88 bits per heavy atom. The number of nitrogens with zero attached hydrogens (tertiary/aromatic N) is 1. The Balaban J connectivity index is 1.71. The van der Waals surface area contributed by atoms with E-state index >= 15 is 0 Å². The summed E-state index contributed by atoms with van der Waals surface area (Å²) in [5, 5.41) is 3.46. The van der Waals surface area contributed by atoms with Crippen molar-refractivity contribution in [3.05, 3.63) is 24.3 Å². The summed E-state index contributed by atoms with van der Waals surface area (Å²) >= 11 is 0. The van der Waals surface area contributed by atoms with Crippen molar-refractivity contribution >= 4 is 11.4 Å². The first-order chi connectivity index (χ1) is 8.24. The van der Waals surface area contributed by atoms with Crippen LogP contribution >= 0.6 is 0 Å². The predicted molar refractivity (Wildman–Crippen MR) is 74.2 cm³/mol. The summed E-state index contributed by atoms with van der Waals surface area (Å²) in [7, 11) is 0.